The van der Waals surface area contributed by atoms with Gasteiger partial charge in [-0.1, -0.05) is 54.6 Å². The Morgan fingerprint density at radius 1 is 0.739 bits per heavy atom. The van der Waals surface area contributed by atoms with Crippen LogP contribution in [-0.4, -0.2) is 4.98 Å². The van der Waals surface area contributed by atoms with E-state index in [2.05, 4.69) is 65.7 Å². The van der Waals surface area contributed by atoms with Crippen molar-refractivity contribution in [2.45, 2.75) is 12.8 Å². The van der Waals surface area contributed by atoms with Crippen molar-refractivity contribution in [2.24, 2.45) is 0 Å². The molecule has 1 nitrogen and oxygen atoms in total. The number of H-pyrrole nitrogens is 1. The molecule has 0 saturated heterocycles. The second-order valence-electron chi connectivity index (χ2n) is 6.58. The summed E-state index contributed by atoms with van der Waals surface area (Å²) in [6.45, 7) is 0. The van der Waals surface area contributed by atoms with Gasteiger partial charge in [-0.2, -0.15) is 0 Å². The number of nitrogens with one attached hydrogen (secondary N) is 1. The molecule has 1 aromatic heterocycles. The third-order valence-corrected chi connectivity index (χ3v) is 5.39. The van der Waals surface area contributed by atoms with Crippen LogP contribution in [0.4, 0.5) is 0 Å². The lowest BCUT2D eigenvalue weighted by Crippen LogP contribution is -2.10. The molecule has 0 spiro atoms. The maximum Gasteiger partial charge on any atom is 0.0475 e. The minimum absolute atomic E-state index is 1.12. The van der Waals surface area contributed by atoms with Crippen molar-refractivity contribution in [3.8, 4) is 0 Å². The highest BCUT2D eigenvalue weighted by Gasteiger charge is 2.19. The molecule has 108 valence electrons. The maximum absolute atomic E-state index is 3.71. The van der Waals surface area contributed by atoms with Crippen LogP contribution in [-0.2, 0) is 6.42 Å². The number of aromatic amines is 1. The zero-order chi connectivity index (χ0) is 15.0. The average molecular weight is 293 g/mol. The monoisotopic (exact) mass is 293 g/mol. The van der Waals surface area contributed by atoms with E-state index in [1.807, 2.05) is 0 Å². The molecule has 0 aliphatic heterocycles. The first kappa shape index (κ1) is 11.7. The van der Waals surface area contributed by atoms with Gasteiger partial charge in [0, 0.05) is 27.4 Å². The Balaban J connectivity index is 2.13. The van der Waals surface area contributed by atoms with Crippen molar-refractivity contribution >= 4 is 49.3 Å². The molecule has 1 heteroatoms. The smallest absolute Gasteiger partial charge is 0.0475 e. The summed E-state index contributed by atoms with van der Waals surface area (Å²) >= 11 is 0. The van der Waals surface area contributed by atoms with Gasteiger partial charge >= 0.3 is 0 Å². The third kappa shape index (κ3) is 1.34. The van der Waals surface area contributed by atoms with Crippen molar-refractivity contribution in [1.82, 2.24) is 4.98 Å². The summed E-state index contributed by atoms with van der Waals surface area (Å²) in [4.78, 5) is 3.71. The Hall–Kier alpha value is -2.80. The first-order valence-electron chi connectivity index (χ1n) is 8.28. The van der Waals surface area contributed by atoms with Gasteiger partial charge in [0.2, 0.25) is 0 Å². The Morgan fingerprint density at radius 2 is 1.52 bits per heavy atom. The zero-order valence-electron chi connectivity index (χ0n) is 12.7. The van der Waals surface area contributed by atoms with E-state index in [9.17, 15) is 0 Å². The first-order chi connectivity index (χ1) is 11.4. The molecular weight excluding hydrogens is 278 g/mol. The number of benzene rings is 4. The largest absolute Gasteiger partial charge is 0.358 e. The second-order valence-corrected chi connectivity index (χ2v) is 6.58. The fourth-order valence-electron chi connectivity index (χ4n) is 4.49. The van der Waals surface area contributed by atoms with Gasteiger partial charge < -0.3 is 4.98 Å². The molecule has 23 heavy (non-hydrogen) atoms. The van der Waals surface area contributed by atoms with Crippen LogP contribution in [0.15, 0.2) is 54.6 Å². The van der Waals surface area contributed by atoms with Crippen LogP contribution in [0.3, 0.4) is 0 Å². The van der Waals surface area contributed by atoms with Gasteiger partial charge in [-0.15, -0.1) is 0 Å². The molecule has 0 atom stereocenters. The van der Waals surface area contributed by atoms with Gasteiger partial charge in [0.25, 0.3) is 0 Å². The van der Waals surface area contributed by atoms with Crippen LogP contribution in [0.5, 0.6) is 0 Å². The van der Waals surface area contributed by atoms with Crippen LogP contribution < -0.4 is 5.22 Å². The van der Waals surface area contributed by atoms with Crippen molar-refractivity contribution < 1.29 is 0 Å². The van der Waals surface area contributed by atoms with E-state index < -0.39 is 0 Å². The van der Waals surface area contributed by atoms with Crippen molar-refractivity contribution in [3.05, 3.63) is 65.5 Å². The predicted molar refractivity (Wildman–Crippen MR) is 98.8 cm³/mol. The topological polar surface area (TPSA) is 15.8 Å². The fourth-order valence-corrected chi connectivity index (χ4v) is 4.49. The maximum atomic E-state index is 3.71. The number of fused-ring (bicyclic) bond motifs is 5. The van der Waals surface area contributed by atoms with Crippen LogP contribution in [0, 0.1) is 0 Å². The Bertz CT molecular complexity index is 1300. The van der Waals surface area contributed by atoms with Crippen molar-refractivity contribution in [1.29, 1.82) is 0 Å². The molecule has 1 heterocycles. The fraction of sp³-hybridized carbons (Fsp3) is 0.0909. The van der Waals surface area contributed by atoms with Crippen LogP contribution >= 0.6 is 0 Å². The van der Waals surface area contributed by atoms with E-state index in [0.29, 0.717) is 0 Å². The van der Waals surface area contributed by atoms with Gasteiger partial charge in [-0.05, 0) is 45.7 Å². The molecule has 0 amide bonds. The molecule has 1 N–H and O–H groups in total. The first-order valence-corrected chi connectivity index (χ1v) is 8.28. The molecule has 5 aromatic rings. The Labute approximate surface area is 133 Å². The molecule has 1 aliphatic rings. The van der Waals surface area contributed by atoms with E-state index in [0.717, 1.165) is 12.8 Å². The van der Waals surface area contributed by atoms with Gasteiger partial charge in [0.15, 0.2) is 0 Å². The molecule has 0 bridgehead atoms. The Morgan fingerprint density at radius 3 is 2.43 bits per heavy atom. The predicted octanol–water partition coefficient (Wildman–Crippen LogP) is 5.07. The Kier molecular flexibility index (Phi) is 2.01. The van der Waals surface area contributed by atoms with E-state index in [1.165, 1.54) is 54.1 Å². The molecule has 1 aliphatic carbocycles. The number of hydrogen-bond acceptors (Lipinski definition) is 0. The van der Waals surface area contributed by atoms with Crippen molar-refractivity contribution in [2.75, 3.05) is 0 Å². The summed E-state index contributed by atoms with van der Waals surface area (Å²) in [5, 5.41) is 11.1. The zero-order valence-corrected chi connectivity index (χ0v) is 12.7. The normalized spacial score (nSPS) is 14.1. The summed E-state index contributed by atoms with van der Waals surface area (Å²) < 4.78 is 0. The average Bonchev–Trinajstić information content (AvgIpc) is 2.98. The van der Waals surface area contributed by atoms with Crippen LogP contribution in [0.25, 0.3) is 49.3 Å². The van der Waals surface area contributed by atoms with Crippen LogP contribution in [0.2, 0.25) is 0 Å². The molecule has 6 rings (SSSR count). The lowest BCUT2D eigenvalue weighted by Gasteiger charge is -2.12. The molecule has 0 saturated carbocycles. The number of aromatic nitrogens is 1. The number of rotatable bonds is 0. The third-order valence-electron chi connectivity index (χ3n) is 5.39. The SMILES string of the molecule is C1=c2c3ccccc3c3c4ccccc4cc4[nH]c(c2c43)CC1. The highest BCUT2D eigenvalue weighted by atomic mass is 14.7. The van der Waals surface area contributed by atoms with E-state index >= 15 is 0 Å². The molecule has 0 radical (unpaired) electrons. The molecule has 0 unspecified atom stereocenters. The summed E-state index contributed by atoms with van der Waals surface area (Å²) in [6, 6.07) is 20.0. The standard InChI is InChI=1S/C22H15N/c1-2-7-14-13(6-1)12-19-22-20(14)16-9-4-3-8-15(16)17-10-5-11-18(23-19)21(17)22/h1-4,6-10,12,23H,5,11H2. The lowest BCUT2D eigenvalue weighted by atomic mass is 9.90. The minimum atomic E-state index is 1.12. The summed E-state index contributed by atoms with van der Waals surface area (Å²) in [7, 11) is 0. The highest BCUT2D eigenvalue weighted by molar-refractivity contribution is 6.30. The van der Waals surface area contributed by atoms with E-state index in [4.69, 9.17) is 0 Å². The number of aryl methyl sites for hydroxylation is 1. The van der Waals surface area contributed by atoms with Crippen molar-refractivity contribution in [3.63, 3.8) is 0 Å². The minimum Gasteiger partial charge on any atom is -0.358 e. The molecule has 0 fully saturated rings. The van der Waals surface area contributed by atoms with Gasteiger partial charge in [-0.25, -0.2) is 0 Å². The quantitative estimate of drug-likeness (QED) is 0.383. The lowest BCUT2D eigenvalue weighted by molar-refractivity contribution is 0.993. The van der Waals surface area contributed by atoms with Gasteiger partial charge in [0.1, 0.15) is 0 Å². The van der Waals surface area contributed by atoms with Gasteiger partial charge in [-0.3, -0.25) is 0 Å². The summed E-state index contributed by atoms with van der Waals surface area (Å²) in [5.41, 5.74) is 2.69. The summed E-state index contributed by atoms with van der Waals surface area (Å²) in [6.07, 6.45) is 4.66. The van der Waals surface area contributed by atoms with E-state index in [-0.39, 0.29) is 0 Å². The van der Waals surface area contributed by atoms with Crippen LogP contribution in [0.1, 0.15) is 12.1 Å². The van der Waals surface area contributed by atoms with E-state index in [1.54, 1.807) is 0 Å². The second kappa shape index (κ2) is 3.94. The molecule has 4 aromatic carbocycles. The number of hydrogen-bond donors (Lipinski definition) is 1. The highest BCUT2D eigenvalue weighted by Crippen LogP contribution is 2.39. The summed E-state index contributed by atoms with van der Waals surface area (Å²) in [5.74, 6) is 0. The molecular formula is C22H15N. The van der Waals surface area contributed by atoms with Gasteiger partial charge in [0.05, 0.1) is 0 Å².